The van der Waals surface area contributed by atoms with Crippen molar-refractivity contribution in [3.63, 3.8) is 0 Å². The van der Waals surface area contributed by atoms with E-state index < -0.39 is 10.0 Å². The highest BCUT2D eigenvalue weighted by Gasteiger charge is 2.33. The number of piperidine rings is 1. The number of sulfonamides is 1. The molecule has 0 saturated carbocycles. The smallest absolute Gasteiger partial charge is 0.244 e. The summed E-state index contributed by atoms with van der Waals surface area (Å²) in [6, 6.07) is 8.28. The molecule has 0 aliphatic carbocycles. The quantitative estimate of drug-likeness (QED) is 0.816. The molecule has 2 heterocycles. The number of hydrogen-bond acceptors (Lipinski definition) is 6. The van der Waals surface area contributed by atoms with Gasteiger partial charge in [-0.3, -0.25) is 0 Å². The fourth-order valence-corrected chi connectivity index (χ4v) is 4.77. The average molecular weight is 371 g/mol. The van der Waals surface area contributed by atoms with Crippen LogP contribution in [0.4, 0.5) is 5.95 Å². The van der Waals surface area contributed by atoms with Gasteiger partial charge in [-0.25, -0.2) is 18.4 Å². The van der Waals surface area contributed by atoms with E-state index in [4.69, 9.17) is 0 Å². The molecule has 0 spiro atoms. The molecular weight excluding hydrogens is 350 g/mol. The standard InChI is InChI=1S/C18H21N5O2S/c1-14-11-20-18(21-12-14)22(2)16-7-5-9-23(13-16)26(24,25)17-8-4-3-6-15(17)10-19/h3-4,6,8,11-12,16H,5,7,9,13H2,1-2H3. The molecule has 1 unspecified atom stereocenters. The Hall–Kier alpha value is -2.50. The van der Waals surface area contributed by atoms with Gasteiger partial charge >= 0.3 is 0 Å². The predicted octanol–water partition coefficient (Wildman–Crippen LogP) is 1.95. The van der Waals surface area contributed by atoms with E-state index in [-0.39, 0.29) is 16.5 Å². The Kier molecular flexibility index (Phi) is 5.20. The normalized spacial score (nSPS) is 18.3. The lowest BCUT2D eigenvalue weighted by Crippen LogP contribution is -2.49. The van der Waals surface area contributed by atoms with Crippen LogP contribution in [-0.4, -0.2) is 48.9 Å². The zero-order chi connectivity index (χ0) is 18.7. The summed E-state index contributed by atoms with van der Waals surface area (Å²) in [4.78, 5) is 10.7. The lowest BCUT2D eigenvalue weighted by Gasteiger charge is -2.37. The van der Waals surface area contributed by atoms with Gasteiger partial charge < -0.3 is 4.90 Å². The lowest BCUT2D eigenvalue weighted by atomic mass is 10.1. The number of rotatable bonds is 4. The van der Waals surface area contributed by atoms with Crippen molar-refractivity contribution in [2.24, 2.45) is 0 Å². The summed E-state index contributed by atoms with van der Waals surface area (Å²) in [5, 5.41) is 9.23. The number of likely N-dealkylation sites (N-methyl/N-ethyl adjacent to an activating group) is 1. The summed E-state index contributed by atoms with van der Waals surface area (Å²) in [6.45, 7) is 2.71. The highest BCUT2D eigenvalue weighted by atomic mass is 32.2. The number of aryl methyl sites for hydroxylation is 1. The van der Waals surface area contributed by atoms with Crippen molar-refractivity contribution in [3.8, 4) is 6.07 Å². The molecule has 0 bridgehead atoms. The van der Waals surface area contributed by atoms with Crippen LogP contribution >= 0.6 is 0 Å². The number of aromatic nitrogens is 2. The van der Waals surface area contributed by atoms with Crippen molar-refractivity contribution < 1.29 is 8.42 Å². The summed E-state index contributed by atoms with van der Waals surface area (Å²) in [5.41, 5.74) is 1.15. The largest absolute Gasteiger partial charge is 0.340 e. The molecule has 1 atom stereocenters. The Morgan fingerprint density at radius 2 is 1.96 bits per heavy atom. The summed E-state index contributed by atoms with van der Waals surface area (Å²) in [7, 11) is -1.83. The van der Waals surface area contributed by atoms with Crippen LogP contribution in [0.15, 0.2) is 41.6 Å². The number of nitrogens with zero attached hydrogens (tertiary/aromatic N) is 5. The summed E-state index contributed by atoms with van der Waals surface area (Å²) >= 11 is 0. The average Bonchev–Trinajstić information content (AvgIpc) is 2.68. The number of anilines is 1. The molecule has 1 aromatic carbocycles. The van der Waals surface area contributed by atoms with E-state index in [0.717, 1.165) is 18.4 Å². The molecule has 8 heteroatoms. The van der Waals surface area contributed by atoms with Gasteiger partial charge in [-0.2, -0.15) is 9.57 Å². The van der Waals surface area contributed by atoms with E-state index in [9.17, 15) is 13.7 Å². The third-order valence-corrected chi connectivity index (χ3v) is 6.54. The Balaban J connectivity index is 1.84. The van der Waals surface area contributed by atoms with Crippen LogP contribution in [0.3, 0.4) is 0 Å². The molecule has 1 aliphatic heterocycles. The number of hydrogen-bond donors (Lipinski definition) is 0. The van der Waals surface area contributed by atoms with Crippen LogP contribution in [0.5, 0.6) is 0 Å². The van der Waals surface area contributed by atoms with Crippen molar-refractivity contribution in [2.75, 3.05) is 25.0 Å². The van der Waals surface area contributed by atoms with Gasteiger partial charge in [-0.15, -0.1) is 0 Å². The Bertz CT molecular complexity index is 921. The van der Waals surface area contributed by atoms with Gasteiger partial charge in [-0.05, 0) is 37.5 Å². The molecule has 0 amide bonds. The Morgan fingerprint density at radius 1 is 1.27 bits per heavy atom. The second kappa shape index (κ2) is 7.40. The van der Waals surface area contributed by atoms with Crippen LogP contribution in [0.25, 0.3) is 0 Å². The van der Waals surface area contributed by atoms with Gasteiger partial charge in [0.25, 0.3) is 0 Å². The molecule has 1 aromatic heterocycles. The van der Waals surface area contributed by atoms with E-state index in [0.29, 0.717) is 19.0 Å². The van der Waals surface area contributed by atoms with Gasteiger partial charge in [0.15, 0.2) is 0 Å². The first-order valence-electron chi connectivity index (χ1n) is 8.44. The second-order valence-corrected chi connectivity index (χ2v) is 8.34. The lowest BCUT2D eigenvalue weighted by molar-refractivity contribution is 0.309. The fraction of sp³-hybridized carbons (Fsp3) is 0.389. The van der Waals surface area contributed by atoms with Crippen molar-refractivity contribution in [1.82, 2.24) is 14.3 Å². The van der Waals surface area contributed by atoms with Gasteiger partial charge in [0.1, 0.15) is 6.07 Å². The molecular formula is C18H21N5O2S. The van der Waals surface area contributed by atoms with Crippen LogP contribution in [0.1, 0.15) is 24.0 Å². The van der Waals surface area contributed by atoms with E-state index in [1.54, 1.807) is 24.5 Å². The van der Waals surface area contributed by atoms with Crippen LogP contribution in [0.2, 0.25) is 0 Å². The summed E-state index contributed by atoms with van der Waals surface area (Å²) in [6.07, 6.45) is 5.10. The first-order chi connectivity index (χ1) is 12.4. The van der Waals surface area contributed by atoms with E-state index in [1.807, 2.05) is 24.9 Å². The monoisotopic (exact) mass is 371 g/mol. The molecule has 136 valence electrons. The van der Waals surface area contributed by atoms with E-state index in [2.05, 4.69) is 9.97 Å². The zero-order valence-electron chi connectivity index (χ0n) is 14.8. The molecule has 1 aliphatic rings. The third-order valence-electron chi connectivity index (χ3n) is 4.62. The molecule has 0 N–H and O–H groups in total. The van der Waals surface area contributed by atoms with Gasteiger partial charge in [0.05, 0.1) is 10.5 Å². The third kappa shape index (κ3) is 3.54. The van der Waals surface area contributed by atoms with Crippen LogP contribution in [0, 0.1) is 18.3 Å². The maximum absolute atomic E-state index is 13.0. The molecule has 2 aromatic rings. The van der Waals surface area contributed by atoms with Crippen LogP contribution < -0.4 is 4.90 Å². The molecule has 26 heavy (non-hydrogen) atoms. The van der Waals surface area contributed by atoms with Crippen LogP contribution in [-0.2, 0) is 10.0 Å². The van der Waals surface area contributed by atoms with Crippen molar-refractivity contribution >= 4 is 16.0 Å². The van der Waals surface area contributed by atoms with Crippen molar-refractivity contribution in [2.45, 2.75) is 30.7 Å². The minimum atomic E-state index is -3.72. The van der Waals surface area contributed by atoms with Crippen molar-refractivity contribution in [1.29, 1.82) is 5.26 Å². The van der Waals surface area contributed by atoms with Crippen molar-refractivity contribution in [3.05, 3.63) is 47.8 Å². The SMILES string of the molecule is Cc1cnc(N(C)C2CCCN(S(=O)(=O)c3ccccc3C#N)C2)nc1. The van der Waals surface area contributed by atoms with E-state index in [1.165, 1.54) is 16.4 Å². The maximum atomic E-state index is 13.0. The predicted molar refractivity (Wildman–Crippen MR) is 98.1 cm³/mol. The van der Waals surface area contributed by atoms with Gasteiger partial charge in [0.2, 0.25) is 16.0 Å². The molecule has 0 radical (unpaired) electrons. The fourth-order valence-electron chi connectivity index (χ4n) is 3.11. The Labute approximate surface area is 154 Å². The van der Waals surface area contributed by atoms with Gasteiger partial charge in [0, 0.05) is 38.6 Å². The second-order valence-electron chi connectivity index (χ2n) is 6.44. The molecule has 7 nitrogen and oxygen atoms in total. The first-order valence-corrected chi connectivity index (χ1v) is 9.88. The highest BCUT2D eigenvalue weighted by molar-refractivity contribution is 7.89. The summed E-state index contributed by atoms with van der Waals surface area (Å²) < 4.78 is 27.5. The molecule has 1 saturated heterocycles. The van der Waals surface area contributed by atoms with Gasteiger partial charge in [-0.1, -0.05) is 12.1 Å². The van der Waals surface area contributed by atoms with E-state index >= 15 is 0 Å². The topological polar surface area (TPSA) is 90.2 Å². The minimum Gasteiger partial charge on any atom is -0.340 e. The molecule has 1 fully saturated rings. The minimum absolute atomic E-state index is 0.0181. The number of benzene rings is 1. The maximum Gasteiger partial charge on any atom is 0.244 e. The first kappa shape index (κ1) is 18.3. The Morgan fingerprint density at radius 3 is 2.65 bits per heavy atom. The molecule has 3 rings (SSSR count). The summed E-state index contributed by atoms with van der Waals surface area (Å²) in [5.74, 6) is 0.581. The number of nitriles is 1. The zero-order valence-corrected chi connectivity index (χ0v) is 15.6. The highest BCUT2D eigenvalue weighted by Crippen LogP contribution is 2.25.